The van der Waals surface area contributed by atoms with Crippen LogP contribution in [0, 0.1) is 6.92 Å². The van der Waals surface area contributed by atoms with Crippen LogP contribution in [0.3, 0.4) is 0 Å². The predicted molar refractivity (Wildman–Crippen MR) is 141 cm³/mol. The van der Waals surface area contributed by atoms with Crippen LogP contribution >= 0.6 is 15.9 Å². The van der Waals surface area contributed by atoms with Crippen molar-refractivity contribution < 1.29 is 31.1 Å². The molecule has 0 saturated heterocycles. The number of ether oxygens (including phenoxy) is 1. The number of methoxy groups -OCH3 is 1. The number of nitrogens with zero attached hydrogens (tertiary/aromatic N) is 3. The average molecular weight is 617 g/mol. The molecule has 1 aromatic heterocycles. The van der Waals surface area contributed by atoms with Gasteiger partial charge in [-0.3, -0.25) is 9.10 Å². The Kier molecular flexibility index (Phi) is 8.41. The first-order chi connectivity index (χ1) is 17.6. The van der Waals surface area contributed by atoms with E-state index in [4.69, 9.17) is 10.5 Å². The Morgan fingerprint density at radius 2 is 1.92 bits per heavy atom. The van der Waals surface area contributed by atoms with Crippen LogP contribution < -0.4 is 25.4 Å². The second kappa shape index (κ2) is 11.0. The van der Waals surface area contributed by atoms with Crippen molar-refractivity contribution in [3.05, 3.63) is 63.3 Å². The molecule has 38 heavy (non-hydrogen) atoms. The highest BCUT2D eigenvalue weighted by Gasteiger charge is 2.35. The average Bonchev–Trinajstić information content (AvgIpc) is 2.81. The monoisotopic (exact) mass is 616 g/mol. The molecular formula is C23H24BrF3N6O4S. The van der Waals surface area contributed by atoms with Crippen molar-refractivity contribution in [3.8, 4) is 5.75 Å². The molecule has 0 fully saturated rings. The van der Waals surface area contributed by atoms with Gasteiger partial charge in [-0.05, 0) is 52.2 Å². The summed E-state index contributed by atoms with van der Waals surface area (Å²) in [5.74, 6) is -1.27. The molecule has 0 aliphatic carbocycles. The number of aromatic nitrogens is 2. The normalized spacial score (nSPS) is 11.7. The number of aryl methyl sites for hydroxylation is 1. The molecule has 3 rings (SSSR count). The van der Waals surface area contributed by atoms with Gasteiger partial charge in [-0.15, -0.1) is 0 Å². The first-order valence-corrected chi connectivity index (χ1v) is 13.4. The first-order valence-electron chi connectivity index (χ1n) is 10.8. The number of hydrogen-bond acceptors (Lipinski definition) is 8. The number of anilines is 4. The van der Waals surface area contributed by atoms with Gasteiger partial charge in [0, 0.05) is 24.3 Å². The van der Waals surface area contributed by atoms with Crippen molar-refractivity contribution in [3.63, 3.8) is 0 Å². The van der Waals surface area contributed by atoms with E-state index in [0.29, 0.717) is 21.9 Å². The van der Waals surface area contributed by atoms with Crippen LogP contribution in [0.25, 0.3) is 0 Å². The maximum Gasteiger partial charge on any atom is 0.421 e. The van der Waals surface area contributed by atoms with E-state index in [9.17, 15) is 26.4 Å². The van der Waals surface area contributed by atoms with Gasteiger partial charge >= 0.3 is 6.18 Å². The lowest BCUT2D eigenvalue weighted by molar-refractivity contribution is -0.137. The zero-order chi connectivity index (χ0) is 28.4. The largest absolute Gasteiger partial charge is 0.495 e. The van der Waals surface area contributed by atoms with Gasteiger partial charge in [0.2, 0.25) is 21.9 Å². The van der Waals surface area contributed by atoms with E-state index >= 15 is 0 Å². The number of hydrogen-bond donors (Lipinski definition) is 3. The number of halogens is 4. The van der Waals surface area contributed by atoms with E-state index in [1.807, 2.05) is 0 Å². The summed E-state index contributed by atoms with van der Waals surface area (Å²) < 4.78 is 72.0. The second-order valence-corrected chi connectivity index (χ2v) is 11.1. The Morgan fingerprint density at radius 3 is 2.50 bits per heavy atom. The topological polar surface area (TPSA) is 140 Å². The lowest BCUT2D eigenvalue weighted by Gasteiger charge is -2.22. The lowest BCUT2D eigenvalue weighted by atomic mass is 10.1. The first kappa shape index (κ1) is 29.0. The minimum absolute atomic E-state index is 0.135. The summed E-state index contributed by atoms with van der Waals surface area (Å²) in [4.78, 5) is 19.4. The van der Waals surface area contributed by atoms with Crippen LogP contribution in [0.1, 0.15) is 27.0 Å². The van der Waals surface area contributed by atoms with Crippen molar-refractivity contribution in [2.75, 3.05) is 35.4 Å². The summed E-state index contributed by atoms with van der Waals surface area (Å²) in [6.45, 7) is 1.60. The third-order valence-corrected chi connectivity index (χ3v) is 7.27. The molecule has 10 nitrogen and oxygen atoms in total. The summed E-state index contributed by atoms with van der Waals surface area (Å²) >= 11 is 3.22. The molecule has 0 saturated carbocycles. The second-order valence-electron chi connectivity index (χ2n) is 8.19. The number of amides is 1. The van der Waals surface area contributed by atoms with Crippen LogP contribution in [-0.4, -0.2) is 44.7 Å². The van der Waals surface area contributed by atoms with Gasteiger partial charge in [0.1, 0.15) is 17.1 Å². The molecule has 0 atom stereocenters. The highest BCUT2D eigenvalue weighted by molar-refractivity contribution is 9.10. The molecular weight excluding hydrogens is 593 g/mol. The van der Waals surface area contributed by atoms with Crippen molar-refractivity contribution in [1.82, 2.24) is 9.97 Å². The molecule has 0 bridgehead atoms. The molecule has 0 unspecified atom stereocenters. The zero-order valence-electron chi connectivity index (χ0n) is 20.6. The Morgan fingerprint density at radius 1 is 1.24 bits per heavy atom. The summed E-state index contributed by atoms with van der Waals surface area (Å²) in [6, 6.07) is 7.77. The summed E-state index contributed by atoms with van der Waals surface area (Å²) in [5.41, 5.74) is 6.12. The number of nitrogens with two attached hydrogens (primary N) is 1. The zero-order valence-corrected chi connectivity index (χ0v) is 23.0. The maximum absolute atomic E-state index is 13.7. The summed E-state index contributed by atoms with van der Waals surface area (Å²) in [7, 11) is -0.927. The Balaban J connectivity index is 1.99. The molecule has 15 heteroatoms. The molecule has 204 valence electrons. The van der Waals surface area contributed by atoms with E-state index in [2.05, 4.69) is 36.5 Å². The molecule has 2 aromatic carbocycles. The number of alkyl halides is 3. The summed E-state index contributed by atoms with van der Waals surface area (Å²) in [5, 5.41) is 5.44. The number of carbonyl (C=O) groups excluding carboxylic acids is 1. The molecule has 4 N–H and O–H groups in total. The van der Waals surface area contributed by atoms with Crippen LogP contribution in [0.2, 0.25) is 0 Å². The van der Waals surface area contributed by atoms with E-state index < -0.39 is 33.5 Å². The van der Waals surface area contributed by atoms with E-state index in [1.54, 1.807) is 25.1 Å². The van der Waals surface area contributed by atoms with Crippen molar-refractivity contribution >= 4 is 55.0 Å². The molecule has 1 heterocycles. The van der Waals surface area contributed by atoms with Crippen LogP contribution in [0.15, 0.2) is 41.0 Å². The maximum atomic E-state index is 13.7. The fourth-order valence-electron chi connectivity index (χ4n) is 3.39. The number of benzene rings is 2. The Labute approximate surface area is 225 Å². The smallest absolute Gasteiger partial charge is 0.421 e. The fourth-order valence-corrected chi connectivity index (χ4v) is 4.45. The number of carbonyl (C=O) groups is 1. The highest BCUT2D eigenvalue weighted by atomic mass is 79.9. The predicted octanol–water partition coefficient (Wildman–Crippen LogP) is 4.43. The van der Waals surface area contributed by atoms with Gasteiger partial charge in [-0.2, -0.15) is 18.2 Å². The highest BCUT2D eigenvalue weighted by Crippen LogP contribution is 2.36. The van der Waals surface area contributed by atoms with Crippen LogP contribution in [0.4, 0.5) is 36.3 Å². The van der Waals surface area contributed by atoms with Crippen LogP contribution in [0.5, 0.6) is 5.75 Å². The van der Waals surface area contributed by atoms with Gasteiger partial charge in [-0.25, -0.2) is 13.4 Å². The number of primary amides is 1. The minimum atomic E-state index is -4.77. The van der Waals surface area contributed by atoms with Crippen molar-refractivity contribution in [2.45, 2.75) is 19.6 Å². The van der Waals surface area contributed by atoms with Gasteiger partial charge in [0.25, 0.3) is 0 Å². The molecule has 0 radical (unpaired) electrons. The summed E-state index contributed by atoms with van der Waals surface area (Å²) in [6.07, 6.45) is -3.13. The quantitative estimate of drug-likeness (QED) is 0.321. The molecule has 1 amide bonds. The Bertz CT molecular complexity index is 1480. The molecule has 3 aromatic rings. The lowest BCUT2D eigenvalue weighted by Crippen LogP contribution is -2.26. The van der Waals surface area contributed by atoms with E-state index in [0.717, 1.165) is 16.1 Å². The molecule has 0 aliphatic heterocycles. The molecule has 0 aliphatic rings. The van der Waals surface area contributed by atoms with Gasteiger partial charge in [-0.1, -0.05) is 12.1 Å². The van der Waals surface area contributed by atoms with Gasteiger partial charge in [0.15, 0.2) is 0 Å². The Hall–Kier alpha value is -3.59. The number of rotatable bonds is 9. The van der Waals surface area contributed by atoms with E-state index in [-0.39, 0.29) is 29.5 Å². The van der Waals surface area contributed by atoms with Gasteiger partial charge in [0.05, 0.1) is 30.3 Å². The number of sulfonamides is 1. The third-order valence-electron chi connectivity index (χ3n) is 5.42. The fraction of sp³-hybridized carbons (Fsp3) is 0.261. The van der Waals surface area contributed by atoms with Crippen molar-refractivity contribution in [2.24, 2.45) is 5.73 Å². The van der Waals surface area contributed by atoms with Gasteiger partial charge < -0.3 is 21.1 Å². The SMILES string of the molecule is COc1cc(C(N)=O)c(Br)cc1Nc1ncc(C(F)(F)F)c(NCc2ccc(C)cc2N(C)S(C)(=O)=O)n1. The van der Waals surface area contributed by atoms with E-state index in [1.165, 1.54) is 26.3 Å². The number of nitrogens with one attached hydrogen (secondary N) is 2. The van der Waals surface area contributed by atoms with Crippen molar-refractivity contribution in [1.29, 1.82) is 0 Å². The minimum Gasteiger partial charge on any atom is -0.495 e. The third kappa shape index (κ3) is 6.64. The van der Waals surface area contributed by atoms with Crippen LogP contribution in [-0.2, 0) is 22.7 Å². The molecule has 0 spiro atoms. The standard InChI is InChI=1S/C23H24BrF3N6O4S/c1-12-5-6-13(18(7-12)33(2)38(4,35)36)10-29-21-15(23(25,26)27)11-30-22(32-21)31-17-9-16(24)14(20(28)34)8-19(17)37-3/h5-9,11H,10H2,1-4H3,(H2,28,34)(H2,29,30,31,32).